The number of amides is 3. The highest BCUT2D eigenvalue weighted by atomic mass is 127. The van der Waals surface area contributed by atoms with Gasteiger partial charge in [0.25, 0.3) is 23.5 Å². The molecule has 0 saturated carbocycles. The maximum Gasteiger partial charge on any atom is 0.294 e. The quantitative estimate of drug-likeness (QED) is 0.0637. The minimum atomic E-state index is -2.42. The van der Waals surface area contributed by atoms with Crippen LogP contribution in [0.2, 0.25) is 0 Å². The van der Waals surface area contributed by atoms with Crippen molar-refractivity contribution < 1.29 is 60.0 Å². The number of rotatable bonds is 14. The van der Waals surface area contributed by atoms with Crippen LogP contribution in [0.3, 0.4) is 0 Å². The Balaban J connectivity index is 3.55. The predicted octanol–water partition coefficient (Wildman–Crippen LogP) is -3.75. The second-order valence-corrected chi connectivity index (χ2v) is 10.9. The van der Waals surface area contributed by atoms with Crippen LogP contribution < -0.4 is 16.0 Å². The molecule has 0 aliphatic heterocycles. The van der Waals surface area contributed by atoms with Crippen LogP contribution >= 0.6 is 67.8 Å². The number of aliphatic hydroxyl groups excluding tert-OH is 8. The standard InChI is InChI=1S/C20H26I3N3O12/c21-11-9(18(36)24-1-6(30)3-27)12(22)14(13(23)10(11)19(37)25-2-7(31)4-28)26-20(38)17(35)16(34)15(33)8(32)5-29/h6-8,15-16,27-34H,1-5H2,(H,24,36)(H,25,37)(H,26,38). The Kier molecular flexibility index (Phi) is 15.2. The van der Waals surface area contributed by atoms with Crippen LogP contribution in [0, 0.1) is 10.7 Å². The van der Waals surface area contributed by atoms with Crippen molar-refractivity contribution in [3.05, 3.63) is 21.8 Å². The molecule has 11 N–H and O–H groups in total. The second-order valence-electron chi connectivity index (χ2n) is 7.66. The largest absolute Gasteiger partial charge is 0.394 e. The van der Waals surface area contributed by atoms with Crippen LogP contribution in [0.15, 0.2) is 0 Å². The lowest BCUT2D eigenvalue weighted by Crippen LogP contribution is -2.47. The lowest BCUT2D eigenvalue weighted by Gasteiger charge is -2.22. The molecule has 0 aliphatic carbocycles. The molecule has 18 heteroatoms. The van der Waals surface area contributed by atoms with Crippen molar-refractivity contribution in [1.29, 1.82) is 0 Å². The molecule has 1 rings (SSSR count). The lowest BCUT2D eigenvalue weighted by molar-refractivity contribution is -0.148. The van der Waals surface area contributed by atoms with E-state index in [4.69, 9.17) is 15.3 Å². The smallest absolute Gasteiger partial charge is 0.294 e. The number of carbonyl (C=O) groups excluding carboxylic acids is 4. The van der Waals surface area contributed by atoms with Crippen molar-refractivity contribution in [2.45, 2.75) is 30.5 Å². The van der Waals surface area contributed by atoms with E-state index < -0.39 is 73.8 Å². The van der Waals surface area contributed by atoms with E-state index in [0.29, 0.717) is 0 Å². The Labute approximate surface area is 256 Å². The molecule has 38 heavy (non-hydrogen) atoms. The molecule has 0 spiro atoms. The van der Waals surface area contributed by atoms with Gasteiger partial charge >= 0.3 is 0 Å². The number of anilines is 1. The average molecular weight is 881 g/mol. The van der Waals surface area contributed by atoms with Crippen LogP contribution in [0.1, 0.15) is 20.7 Å². The Bertz CT molecular complexity index is 991. The second kappa shape index (κ2) is 16.4. The van der Waals surface area contributed by atoms with E-state index in [-0.39, 0.29) is 40.6 Å². The van der Waals surface area contributed by atoms with E-state index in [1.165, 1.54) is 0 Å². The molecule has 0 radical (unpaired) electrons. The molecule has 5 atom stereocenters. The predicted molar refractivity (Wildman–Crippen MR) is 154 cm³/mol. The number of hydrogen-bond donors (Lipinski definition) is 11. The molecule has 5 unspecified atom stereocenters. The van der Waals surface area contributed by atoms with Crippen molar-refractivity contribution in [1.82, 2.24) is 10.6 Å². The summed E-state index contributed by atoms with van der Waals surface area (Å²) < 4.78 is 0.144. The van der Waals surface area contributed by atoms with Gasteiger partial charge in [-0.3, -0.25) is 19.2 Å². The van der Waals surface area contributed by atoms with Gasteiger partial charge in [-0.15, -0.1) is 0 Å². The summed E-state index contributed by atoms with van der Waals surface area (Å²) in [5.74, 6) is -4.72. The molecule has 0 aromatic heterocycles. The molecule has 0 fully saturated rings. The molecule has 0 aliphatic rings. The van der Waals surface area contributed by atoms with E-state index in [2.05, 4.69) is 16.0 Å². The summed E-state index contributed by atoms with van der Waals surface area (Å²) in [6, 6.07) is 0. The third kappa shape index (κ3) is 9.10. The Hall–Kier alpha value is -0.830. The molecular weight excluding hydrogens is 855 g/mol. The van der Waals surface area contributed by atoms with Gasteiger partial charge in [-0.2, -0.15) is 0 Å². The number of halogens is 3. The zero-order valence-electron chi connectivity index (χ0n) is 19.3. The third-order valence-corrected chi connectivity index (χ3v) is 8.06. The van der Waals surface area contributed by atoms with Crippen LogP contribution in [0.5, 0.6) is 0 Å². The topological polar surface area (TPSA) is 266 Å². The van der Waals surface area contributed by atoms with Gasteiger partial charge in [0.2, 0.25) is 0 Å². The highest BCUT2D eigenvalue weighted by Gasteiger charge is 2.35. The van der Waals surface area contributed by atoms with Crippen molar-refractivity contribution in [3.8, 4) is 0 Å². The highest BCUT2D eigenvalue weighted by molar-refractivity contribution is 14.1. The number of Topliss-reactive ketones (excluding diaryl/α,β-unsaturated/α-hetero) is 1. The van der Waals surface area contributed by atoms with Gasteiger partial charge in [0, 0.05) is 16.7 Å². The van der Waals surface area contributed by atoms with E-state index in [9.17, 15) is 44.7 Å². The molecule has 1 aromatic rings. The molecule has 214 valence electrons. The summed E-state index contributed by atoms with van der Waals surface area (Å²) in [6.45, 7) is -3.04. The lowest BCUT2D eigenvalue weighted by atomic mass is 10.0. The van der Waals surface area contributed by atoms with E-state index >= 15 is 0 Å². The Morgan fingerprint density at radius 3 is 1.47 bits per heavy atom. The fourth-order valence-corrected chi connectivity index (χ4v) is 7.10. The molecule has 15 nitrogen and oxygen atoms in total. The zero-order chi connectivity index (χ0) is 29.3. The summed E-state index contributed by atoms with van der Waals surface area (Å²) in [5.41, 5.74) is -0.539. The zero-order valence-corrected chi connectivity index (χ0v) is 25.7. The molecule has 1 aromatic carbocycles. The van der Waals surface area contributed by atoms with Gasteiger partial charge in [0.15, 0.2) is 6.10 Å². The first-order valence-corrected chi connectivity index (χ1v) is 13.8. The Morgan fingerprint density at radius 2 is 1.11 bits per heavy atom. The van der Waals surface area contributed by atoms with Gasteiger partial charge in [-0.25, -0.2) is 0 Å². The number of hydrogen-bond acceptors (Lipinski definition) is 12. The van der Waals surface area contributed by atoms with Gasteiger partial charge in [-0.05, 0) is 67.8 Å². The average Bonchev–Trinajstić information content (AvgIpc) is 2.90. The first-order chi connectivity index (χ1) is 17.7. The summed E-state index contributed by atoms with van der Waals surface area (Å²) in [6.07, 6.45) is -9.11. The summed E-state index contributed by atoms with van der Waals surface area (Å²) in [5, 5.41) is 82.0. The van der Waals surface area contributed by atoms with Crippen molar-refractivity contribution in [2.75, 3.05) is 38.2 Å². The normalized spacial score (nSPS) is 15.1. The highest BCUT2D eigenvalue weighted by Crippen LogP contribution is 2.36. The van der Waals surface area contributed by atoms with Crippen LogP contribution in [0.25, 0.3) is 0 Å². The SMILES string of the molecule is O=C(Nc1c(I)c(C(=O)NCC(O)CO)c(I)c(C(=O)NCC(O)CO)c1I)C(=O)C(O)C(O)C(O)CO. The third-order valence-electron chi connectivity index (χ3n) is 4.82. The monoisotopic (exact) mass is 881 g/mol. The van der Waals surface area contributed by atoms with Gasteiger partial charge in [0.05, 0.1) is 56.0 Å². The van der Waals surface area contributed by atoms with E-state index in [0.717, 1.165) is 0 Å². The van der Waals surface area contributed by atoms with Crippen LogP contribution in [-0.2, 0) is 9.59 Å². The maximum absolute atomic E-state index is 13.0. The van der Waals surface area contributed by atoms with Gasteiger partial charge in [-0.1, -0.05) is 0 Å². The minimum Gasteiger partial charge on any atom is -0.394 e. The number of benzene rings is 1. The minimum absolute atomic E-state index is 0.0333. The maximum atomic E-state index is 13.0. The van der Waals surface area contributed by atoms with E-state index in [1.54, 1.807) is 67.8 Å². The number of nitrogens with one attached hydrogen (secondary N) is 3. The molecular formula is C20H26I3N3O12. The fourth-order valence-electron chi connectivity index (χ4n) is 2.68. The van der Waals surface area contributed by atoms with Crippen molar-refractivity contribution in [3.63, 3.8) is 0 Å². The number of aliphatic hydroxyl groups is 8. The van der Waals surface area contributed by atoms with Crippen LogP contribution in [0.4, 0.5) is 5.69 Å². The fraction of sp³-hybridized carbons (Fsp3) is 0.500. The molecule has 3 amide bonds. The molecule has 0 saturated heterocycles. The van der Waals surface area contributed by atoms with Gasteiger partial charge < -0.3 is 56.8 Å². The summed E-state index contributed by atoms with van der Waals surface area (Å²) in [7, 11) is 0. The van der Waals surface area contributed by atoms with Crippen LogP contribution in [-0.4, -0.2) is 128 Å². The number of carbonyl (C=O) groups is 4. The first kappa shape index (κ1) is 35.2. The number of ketones is 1. The summed E-state index contributed by atoms with van der Waals surface area (Å²) >= 11 is 5.01. The van der Waals surface area contributed by atoms with E-state index in [1.807, 2.05) is 0 Å². The molecule has 0 bridgehead atoms. The van der Waals surface area contributed by atoms with Crippen molar-refractivity contribution in [2.24, 2.45) is 0 Å². The summed E-state index contributed by atoms with van der Waals surface area (Å²) in [4.78, 5) is 50.9. The van der Waals surface area contributed by atoms with Gasteiger partial charge in [0.1, 0.15) is 12.2 Å². The van der Waals surface area contributed by atoms with Crippen molar-refractivity contribution >= 4 is 97.0 Å². The first-order valence-electron chi connectivity index (χ1n) is 10.6. The Morgan fingerprint density at radius 1 is 0.684 bits per heavy atom. The molecule has 0 heterocycles.